The SMILES string of the molecule is CC(C)NC(=O)C1COC2(CCN(C(=O)c3ccccc3F)CC2)N1C(=O)c1ccco1. The maximum atomic E-state index is 14.1. The van der Waals surface area contributed by atoms with Crippen molar-refractivity contribution in [3.05, 3.63) is 59.8 Å². The van der Waals surface area contributed by atoms with Crippen LogP contribution in [0.25, 0.3) is 0 Å². The molecule has 1 atom stereocenters. The van der Waals surface area contributed by atoms with Crippen LogP contribution in [0.15, 0.2) is 47.1 Å². The Labute approximate surface area is 185 Å². The van der Waals surface area contributed by atoms with Gasteiger partial charge in [-0.1, -0.05) is 12.1 Å². The Morgan fingerprint density at radius 3 is 2.44 bits per heavy atom. The monoisotopic (exact) mass is 443 g/mol. The third-order valence-electron chi connectivity index (χ3n) is 5.88. The molecule has 32 heavy (non-hydrogen) atoms. The maximum Gasteiger partial charge on any atom is 0.292 e. The molecule has 2 aromatic rings. The molecule has 1 unspecified atom stereocenters. The smallest absolute Gasteiger partial charge is 0.292 e. The van der Waals surface area contributed by atoms with Crippen molar-refractivity contribution < 1.29 is 27.9 Å². The molecule has 2 aliphatic rings. The fourth-order valence-electron chi connectivity index (χ4n) is 4.33. The lowest BCUT2D eigenvalue weighted by Gasteiger charge is -2.44. The lowest BCUT2D eigenvalue weighted by Crippen LogP contribution is -2.60. The van der Waals surface area contributed by atoms with Crippen molar-refractivity contribution in [2.24, 2.45) is 0 Å². The maximum absolute atomic E-state index is 14.1. The van der Waals surface area contributed by atoms with Crippen molar-refractivity contribution in [2.45, 2.75) is 44.5 Å². The summed E-state index contributed by atoms with van der Waals surface area (Å²) in [5, 5.41) is 2.84. The number of rotatable bonds is 4. The average molecular weight is 443 g/mol. The fraction of sp³-hybridized carbons (Fsp3) is 0.435. The van der Waals surface area contributed by atoms with E-state index in [0.29, 0.717) is 12.8 Å². The van der Waals surface area contributed by atoms with E-state index in [1.54, 1.807) is 23.1 Å². The minimum Gasteiger partial charge on any atom is -0.459 e. The van der Waals surface area contributed by atoms with Crippen molar-refractivity contribution in [3.8, 4) is 0 Å². The van der Waals surface area contributed by atoms with E-state index in [4.69, 9.17) is 9.15 Å². The van der Waals surface area contributed by atoms with Crippen molar-refractivity contribution in [1.29, 1.82) is 0 Å². The van der Waals surface area contributed by atoms with Gasteiger partial charge >= 0.3 is 0 Å². The quantitative estimate of drug-likeness (QED) is 0.784. The van der Waals surface area contributed by atoms with Crippen LogP contribution in [-0.4, -0.2) is 65.0 Å². The van der Waals surface area contributed by atoms with Crippen LogP contribution in [0.1, 0.15) is 47.6 Å². The molecule has 0 bridgehead atoms. The zero-order chi connectivity index (χ0) is 22.9. The Hall–Kier alpha value is -3.20. The topological polar surface area (TPSA) is 92.1 Å². The van der Waals surface area contributed by atoms with Gasteiger partial charge < -0.3 is 19.4 Å². The summed E-state index contributed by atoms with van der Waals surface area (Å²) in [5.41, 5.74) is -1.04. The van der Waals surface area contributed by atoms with E-state index in [0.717, 1.165) is 0 Å². The molecular formula is C23H26FN3O5. The molecule has 0 radical (unpaired) electrons. The van der Waals surface area contributed by atoms with Gasteiger partial charge in [-0.25, -0.2) is 4.39 Å². The number of carbonyl (C=O) groups excluding carboxylic acids is 3. The van der Waals surface area contributed by atoms with Crippen molar-refractivity contribution in [1.82, 2.24) is 15.1 Å². The van der Waals surface area contributed by atoms with E-state index < -0.39 is 29.4 Å². The number of halogens is 1. The summed E-state index contributed by atoms with van der Waals surface area (Å²) in [6.07, 6.45) is 1.99. The first-order valence-corrected chi connectivity index (χ1v) is 10.7. The third kappa shape index (κ3) is 4.00. The minimum atomic E-state index is -1.05. The number of piperidine rings is 1. The Kier molecular flexibility index (Phi) is 6.01. The van der Waals surface area contributed by atoms with Crippen LogP contribution < -0.4 is 5.32 Å². The normalized spacial score (nSPS) is 20.1. The first-order valence-electron chi connectivity index (χ1n) is 10.7. The summed E-state index contributed by atoms with van der Waals surface area (Å²) in [6.45, 7) is 4.25. The van der Waals surface area contributed by atoms with Crippen LogP contribution in [-0.2, 0) is 9.53 Å². The van der Waals surface area contributed by atoms with Crippen LogP contribution >= 0.6 is 0 Å². The number of likely N-dealkylation sites (tertiary alicyclic amines) is 1. The van der Waals surface area contributed by atoms with Crippen molar-refractivity contribution in [2.75, 3.05) is 19.7 Å². The second kappa shape index (κ2) is 8.74. The summed E-state index contributed by atoms with van der Waals surface area (Å²) in [5.74, 6) is -1.61. The minimum absolute atomic E-state index is 0.00787. The predicted molar refractivity (Wildman–Crippen MR) is 112 cm³/mol. The largest absolute Gasteiger partial charge is 0.459 e. The summed E-state index contributed by atoms with van der Waals surface area (Å²) >= 11 is 0. The molecule has 170 valence electrons. The molecule has 0 aliphatic carbocycles. The van der Waals surface area contributed by atoms with Gasteiger partial charge in [0, 0.05) is 32.0 Å². The van der Waals surface area contributed by atoms with Gasteiger partial charge in [0.25, 0.3) is 11.8 Å². The van der Waals surface area contributed by atoms with Crippen molar-refractivity contribution in [3.63, 3.8) is 0 Å². The molecule has 1 N–H and O–H groups in total. The van der Waals surface area contributed by atoms with E-state index in [1.807, 2.05) is 13.8 Å². The van der Waals surface area contributed by atoms with E-state index in [2.05, 4.69) is 5.32 Å². The highest BCUT2D eigenvalue weighted by Crippen LogP contribution is 2.39. The second-order valence-electron chi connectivity index (χ2n) is 8.36. The van der Waals surface area contributed by atoms with Gasteiger partial charge in [-0.15, -0.1) is 0 Å². The van der Waals surface area contributed by atoms with E-state index in [-0.39, 0.29) is 43.0 Å². The average Bonchev–Trinajstić information content (AvgIpc) is 3.42. The zero-order valence-electron chi connectivity index (χ0n) is 18.0. The standard InChI is InChI=1S/C23H26FN3O5/c1-15(2)25-20(28)18-14-32-23(27(18)22(30)19-8-5-13-31-19)9-11-26(12-10-23)21(29)16-6-3-4-7-17(16)24/h3-8,13,15,18H,9-12,14H2,1-2H3,(H,25,28). The summed E-state index contributed by atoms with van der Waals surface area (Å²) in [4.78, 5) is 41.9. The summed E-state index contributed by atoms with van der Waals surface area (Å²) in [7, 11) is 0. The molecule has 2 saturated heterocycles. The molecule has 1 aromatic carbocycles. The van der Waals surface area contributed by atoms with Gasteiger partial charge in [0.15, 0.2) is 5.76 Å². The first-order chi connectivity index (χ1) is 15.3. The van der Waals surface area contributed by atoms with Gasteiger partial charge in [0.1, 0.15) is 17.6 Å². The number of nitrogens with one attached hydrogen (secondary N) is 1. The molecular weight excluding hydrogens is 417 g/mol. The Balaban J connectivity index is 1.56. The number of amides is 3. The first kappa shape index (κ1) is 22.0. The van der Waals surface area contributed by atoms with Crippen LogP contribution in [0.2, 0.25) is 0 Å². The Morgan fingerprint density at radius 2 is 1.81 bits per heavy atom. The van der Waals surface area contributed by atoms with Crippen LogP contribution in [0, 0.1) is 5.82 Å². The number of carbonyl (C=O) groups is 3. The highest BCUT2D eigenvalue weighted by atomic mass is 19.1. The molecule has 2 fully saturated rings. The fourth-order valence-corrected chi connectivity index (χ4v) is 4.33. The predicted octanol–water partition coefficient (Wildman–Crippen LogP) is 2.42. The van der Waals surface area contributed by atoms with E-state index in [9.17, 15) is 18.8 Å². The highest BCUT2D eigenvalue weighted by molar-refractivity contribution is 5.97. The van der Waals surface area contributed by atoms with Crippen LogP contribution in [0.5, 0.6) is 0 Å². The second-order valence-corrected chi connectivity index (χ2v) is 8.36. The molecule has 3 amide bonds. The van der Waals surface area contributed by atoms with Gasteiger partial charge in [-0.2, -0.15) is 0 Å². The molecule has 0 saturated carbocycles. The highest BCUT2D eigenvalue weighted by Gasteiger charge is 2.54. The zero-order valence-corrected chi connectivity index (χ0v) is 18.0. The van der Waals surface area contributed by atoms with Gasteiger partial charge in [0.2, 0.25) is 5.91 Å². The summed E-state index contributed by atoms with van der Waals surface area (Å²) in [6, 6.07) is 8.09. The lowest BCUT2D eigenvalue weighted by atomic mass is 9.96. The molecule has 4 rings (SSSR count). The van der Waals surface area contributed by atoms with Gasteiger partial charge in [0.05, 0.1) is 18.4 Å². The number of hydrogen-bond acceptors (Lipinski definition) is 5. The number of nitrogens with zero attached hydrogens (tertiary/aromatic N) is 2. The molecule has 8 nitrogen and oxygen atoms in total. The van der Waals surface area contributed by atoms with Crippen LogP contribution in [0.3, 0.4) is 0 Å². The number of hydrogen-bond donors (Lipinski definition) is 1. The van der Waals surface area contributed by atoms with E-state index >= 15 is 0 Å². The Morgan fingerprint density at radius 1 is 1.09 bits per heavy atom. The Bertz CT molecular complexity index is 999. The lowest BCUT2D eigenvalue weighted by molar-refractivity contribution is -0.128. The van der Waals surface area contributed by atoms with E-state index in [1.165, 1.54) is 29.4 Å². The molecule has 9 heteroatoms. The third-order valence-corrected chi connectivity index (χ3v) is 5.88. The van der Waals surface area contributed by atoms with Crippen molar-refractivity contribution >= 4 is 17.7 Å². The van der Waals surface area contributed by atoms with Gasteiger partial charge in [-0.3, -0.25) is 19.3 Å². The van der Waals surface area contributed by atoms with Gasteiger partial charge in [-0.05, 0) is 38.1 Å². The summed E-state index contributed by atoms with van der Waals surface area (Å²) < 4.78 is 25.5. The molecule has 2 aliphatic heterocycles. The molecule has 3 heterocycles. The number of benzene rings is 1. The molecule has 1 spiro atoms. The molecule has 1 aromatic heterocycles. The van der Waals surface area contributed by atoms with Crippen LogP contribution in [0.4, 0.5) is 4.39 Å². The number of furan rings is 1. The number of ether oxygens (including phenoxy) is 1.